The number of hydrogen-bond acceptors (Lipinski definition) is 3. The molecule has 172 valence electrons. The number of hydrogen-bond donors (Lipinski definition) is 1. The van der Waals surface area contributed by atoms with Crippen molar-refractivity contribution in [1.29, 1.82) is 0 Å². The van der Waals surface area contributed by atoms with Gasteiger partial charge in [-0.05, 0) is 62.3 Å². The van der Waals surface area contributed by atoms with Gasteiger partial charge in [-0.2, -0.15) is 0 Å². The van der Waals surface area contributed by atoms with E-state index < -0.39 is 17.2 Å². The summed E-state index contributed by atoms with van der Waals surface area (Å²) in [6, 6.07) is 26.0. The number of ether oxygens (including phenoxy) is 1. The maximum Gasteiger partial charge on any atom is 0.408 e. The van der Waals surface area contributed by atoms with Gasteiger partial charge in [-0.3, -0.25) is 4.79 Å². The third kappa shape index (κ3) is 3.94. The number of carbonyl (C=O) groups excluding carboxylic acids is 2. The summed E-state index contributed by atoms with van der Waals surface area (Å²) in [6.45, 7) is 5.59. The number of carbonyl (C=O) groups is 2. The fraction of sp³-hybridized carbons (Fsp3) is 0.267. The lowest BCUT2D eigenvalue weighted by Gasteiger charge is -2.43. The minimum atomic E-state index is -0.545. The highest BCUT2D eigenvalue weighted by Gasteiger charge is 2.41. The lowest BCUT2D eigenvalue weighted by atomic mass is 9.71. The van der Waals surface area contributed by atoms with Crippen LogP contribution in [0.1, 0.15) is 72.6 Å². The van der Waals surface area contributed by atoms with Gasteiger partial charge < -0.3 is 10.1 Å². The van der Waals surface area contributed by atoms with Gasteiger partial charge in [0.25, 0.3) is 0 Å². The van der Waals surface area contributed by atoms with Crippen LogP contribution in [0, 0.1) is 0 Å². The molecule has 0 unspecified atom stereocenters. The zero-order valence-corrected chi connectivity index (χ0v) is 19.9. The average molecular weight is 452 g/mol. The molecule has 3 aromatic carbocycles. The van der Waals surface area contributed by atoms with Crippen molar-refractivity contribution in [3.8, 4) is 0 Å². The summed E-state index contributed by atoms with van der Waals surface area (Å²) in [5, 5.41) is 3.11. The Labute approximate surface area is 200 Å². The average Bonchev–Trinajstić information content (AvgIpc) is 3.08. The van der Waals surface area contributed by atoms with E-state index in [0.717, 1.165) is 58.2 Å². The van der Waals surface area contributed by atoms with Crippen LogP contribution in [-0.2, 0) is 10.3 Å². The van der Waals surface area contributed by atoms with Crippen LogP contribution in [-0.4, -0.2) is 17.5 Å². The van der Waals surface area contributed by atoms with Gasteiger partial charge in [-0.25, -0.2) is 4.79 Å². The van der Waals surface area contributed by atoms with Crippen LogP contribution in [0.5, 0.6) is 0 Å². The molecule has 5 rings (SSSR count). The Morgan fingerprint density at radius 2 is 1.38 bits per heavy atom. The van der Waals surface area contributed by atoms with Gasteiger partial charge in [-0.1, -0.05) is 78.9 Å². The van der Waals surface area contributed by atoms with Crippen molar-refractivity contribution in [2.24, 2.45) is 0 Å². The number of alkyl carbamates (subject to hydrolysis) is 1. The van der Waals surface area contributed by atoms with Crippen LogP contribution in [0.15, 0.2) is 78.9 Å². The Kier molecular flexibility index (Phi) is 5.40. The molecule has 1 saturated carbocycles. The molecule has 0 heterocycles. The molecule has 1 fully saturated rings. The van der Waals surface area contributed by atoms with E-state index in [1.807, 2.05) is 99.6 Å². The van der Waals surface area contributed by atoms with Crippen molar-refractivity contribution in [3.05, 3.63) is 107 Å². The van der Waals surface area contributed by atoms with Gasteiger partial charge in [0.1, 0.15) is 5.60 Å². The Bertz CT molecular complexity index is 1280. The molecule has 0 aromatic heterocycles. The number of rotatable bonds is 4. The van der Waals surface area contributed by atoms with Crippen molar-refractivity contribution in [3.63, 3.8) is 0 Å². The molecule has 2 aliphatic rings. The molecule has 0 aliphatic heterocycles. The monoisotopic (exact) mass is 451 g/mol. The molecular formula is C30H29NO3. The fourth-order valence-corrected chi connectivity index (χ4v) is 4.93. The normalized spacial score (nSPS) is 16.6. The van der Waals surface area contributed by atoms with Gasteiger partial charge in [0.05, 0.1) is 5.54 Å². The number of allylic oxidation sites excluding steroid dienone is 1. The minimum Gasteiger partial charge on any atom is -0.444 e. The van der Waals surface area contributed by atoms with E-state index in [2.05, 4.69) is 5.32 Å². The molecular weight excluding hydrogens is 422 g/mol. The highest BCUT2D eigenvalue weighted by Crippen LogP contribution is 2.44. The van der Waals surface area contributed by atoms with E-state index in [-0.39, 0.29) is 5.78 Å². The van der Waals surface area contributed by atoms with Crippen molar-refractivity contribution >= 4 is 23.0 Å². The van der Waals surface area contributed by atoms with Crippen LogP contribution in [0.2, 0.25) is 0 Å². The van der Waals surface area contributed by atoms with Crippen molar-refractivity contribution in [1.82, 2.24) is 5.32 Å². The van der Waals surface area contributed by atoms with Crippen molar-refractivity contribution in [2.75, 3.05) is 0 Å². The first-order chi connectivity index (χ1) is 16.3. The van der Waals surface area contributed by atoms with Crippen molar-refractivity contribution < 1.29 is 14.3 Å². The summed E-state index contributed by atoms with van der Waals surface area (Å²) in [5.41, 5.74) is 5.40. The van der Waals surface area contributed by atoms with Crippen LogP contribution in [0.4, 0.5) is 4.79 Å². The van der Waals surface area contributed by atoms with E-state index in [9.17, 15) is 9.59 Å². The Morgan fingerprint density at radius 1 is 0.794 bits per heavy atom. The van der Waals surface area contributed by atoms with Crippen LogP contribution < -0.4 is 5.32 Å². The summed E-state index contributed by atoms with van der Waals surface area (Å²) in [4.78, 5) is 26.0. The molecule has 2 aliphatic carbocycles. The summed E-state index contributed by atoms with van der Waals surface area (Å²) in [7, 11) is 0. The summed E-state index contributed by atoms with van der Waals surface area (Å²) >= 11 is 0. The molecule has 1 N–H and O–H groups in total. The van der Waals surface area contributed by atoms with Gasteiger partial charge in [0.15, 0.2) is 5.78 Å². The summed E-state index contributed by atoms with van der Waals surface area (Å²) < 4.78 is 5.51. The molecule has 0 saturated heterocycles. The second kappa shape index (κ2) is 8.28. The lowest BCUT2D eigenvalue weighted by Crippen LogP contribution is -2.52. The Hall–Kier alpha value is -3.66. The zero-order valence-electron chi connectivity index (χ0n) is 19.9. The molecule has 0 atom stereocenters. The number of ketones is 1. The molecule has 0 radical (unpaired) electrons. The van der Waals surface area contributed by atoms with E-state index in [4.69, 9.17) is 4.74 Å². The van der Waals surface area contributed by atoms with Crippen molar-refractivity contribution in [2.45, 2.75) is 51.2 Å². The molecule has 34 heavy (non-hydrogen) atoms. The van der Waals surface area contributed by atoms with E-state index in [0.29, 0.717) is 0 Å². The topological polar surface area (TPSA) is 55.4 Å². The largest absolute Gasteiger partial charge is 0.444 e. The first kappa shape index (κ1) is 22.1. The third-order valence-electron chi connectivity index (χ3n) is 6.65. The summed E-state index contributed by atoms with van der Waals surface area (Å²) in [5.74, 6) is 0.0486. The lowest BCUT2D eigenvalue weighted by molar-refractivity contribution is 0.0377. The highest BCUT2D eigenvalue weighted by atomic mass is 16.6. The summed E-state index contributed by atoms with van der Waals surface area (Å²) in [6.07, 6.45) is 2.39. The smallest absolute Gasteiger partial charge is 0.408 e. The third-order valence-corrected chi connectivity index (χ3v) is 6.65. The predicted molar refractivity (Wildman–Crippen MR) is 134 cm³/mol. The minimum absolute atomic E-state index is 0.0486. The van der Waals surface area contributed by atoms with Gasteiger partial charge >= 0.3 is 6.09 Å². The maximum atomic E-state index is 13.5. The molecule has 4 heteroatoms. The van der Waals surface area contributed by atoms with Gasteiger partial charge in [0, 0.05) is 16.7 Å². The number of nitrogens with one attached hydrogen (secondary N) is 1. The molecule has 4 nitrogen and oxygen atoms in total. The first-order valence-electron chi connectivity index (χ1n) is 11.8. The van der Waals surface area contributed by atoms with Crippen LogP contribution in [0.3, 0.4) is 0 Å². The van der Waals surface area contributed by atoms with E-state index in [1.54, 1.807) is 0 Å². The second-order valence-corrected chi connectivity index (χ2v) is 10.1. The zero-order chi connectivity index (χ0) is 23.9. The first-order valence-corrected chi connectivity index (χ1v) is 11.8. The number of Topliss-reactive ketones (excluding diaryl/α,β-unsaturated/α-hetero) is 1. The van der Waals surface area contributed by atoms with Gasteiger partial charge in [-0.15, -0.1) is 0 Å². The molecule has 0 spiro atoms. The maximum absolute atomic E-state index is 13.5. The van der Waals surface area contributed by atoms with Crippen LogP contribution in [0.25, 0.3) is 11.1 Å². The molecule has 1 amide bonds. The van der Waals surface area contributed by atoms with E-state index in [1.165, 1.54) is 0 Å². The number of benzene rings is 3. The Balaban J connectivity index is 1.51. The predicted octanol–water partition coefficient (Wildman–Crippen LogP) is 6.75. The second-order valence-electron chi connectivity index (χ2n) is 10.1. The Morgan fingerprint density at radius 3 is 1.97 bits per heavy atom. The standard InChI is InChI=1S/C30H29NO3/c1-29(2,3)34-28(33)31-30(18-9-19-30)22-16-14-21(15-17-22)26-25(20-10-5-4-6-11-20)23-12-7-8-13-24(23)27(26)32/h4-8,10-17H,9,18-19H2,1-3H3,(H,31,33). The fourth-order valence-electron chi connectivity index (χ4n) is 4.93. The number of fused-ring (bicyclic) bond motifs is 1. The quantitative estimate of drug-likeness (QED) is 0.478. The van der Waals surface area contributed by atoms with Gasteiger partial charge in [0.2, 0.25) is 0 Å². The highest BCUT2D eigenvalue weighted by molar-refractivity contribution is 6.41. The van der Waals surface area contributed by atoms with Crippen LogP contribution >= 0.6 is 0 Å². The number of amides is 1. The molecule has 3 aromatic rings. The molecule has 0 bridgehead atoms. The SMILES string of the molecule is CC(C)(C)OC(=O)NC1(c2ccc(C3=C(c4ccccc4)c4ccccc4C3=O)cc2)CCC1. The van der Waals surface area contributed by atoms with E-state index >= 15 is 0 Å².